The second kappa shape index (κ2) is 6.13. The van der Waals surface area contributed by atoms with Crippen LogP contribution in [0, 0.1) is 19.8 Å². The topological polar surface area (TPSA) is 46.9 Å². The minimum atomic E-state index is 0.000139. The Kier molecular flexibility index (Phi) is 4.21. The molecule has 0 bridgehead atoms. The van der Waals surface area contributed by atoms with Gasteiger partial charge in [-0.25, -0.2) is 0 Å². The van der Waals surface area contributed by atoms with E-state index in [4.69, 9.17) is 11.6 Å². The Morgan fingerprint density at radius 2 is 2.18 bits per heavy atom. The molecular weight excluding hydrogens is 298 g/mol. The summed E-state index contributed by atoms with van der Waals surface area (Å²) in [7, 11) is 0. The highest BCUT2D eigenvalue weighted by molar-refractivity contribution is 6.31. The Bertz CT molecular complexity index is 704. The molecule has 1 N–H and O–H groups in total. The van der Waals surface area contributed by atoms with Crippen LogP contribution in [0.1, 0.15) is 40.2 Å². The molecule has 1 amide bonds. The predicted molar refractivity (Wildman–Crippen MR) is 87.3 cm³/mol. The lowest BCUT2D eigenvalue weighted by Gasteiger charge is -2.08. The molecule has 4 nitrogen and oxygen atoms in total. The molecule has 2 aromatic rings. The Balaban J connectivity index is 1.72. The molecule has 1 aromatic carbocycles. The van der Waals surface area contributed by atoms with E-state index in [9.17, 15) is 4.79 Å². The fraction of sp³-hybridized carbons (Fsp3) is 0.412. The van der Waals surface area contributed by atoms with Crippen molar-refractivity contribution in [2.45, 2.75) is 33.2 Å². The van der Waals surface area contributed by atoms with Crippen LogP contribution < -0.4 is 5.32 Å². The molecule has 1 aliphatic rings. The van der Waals surface area contributed by atoms with Crippen molar-refractivity contribution in [3.8, 4) is 0 Å². The fourth-order valence-electron chi connectivity index (χ4n) is 2.47. The lowest BCUT2D eigenvalue weighted by atomic mass is 10.1. The van der Waals surface area contributed by atoms with Crippen LogP contribution in [-0.2, 0) is 6.54 Å². The maximum absolute atomic E-state index is 12.2. The SMILES string of the molecule is Cc1nn(Cc2cccc(C(=O)NCC3CC3)c2)c(C)c1Cl. The third kappa shape index (κ3) is 3.33. The summed E-state index contributed by atoms with van der Waals surface area (Å²) in [6.07, 6.45) is 2.47. The summed E-state index contributed by atoms with van der Waals surface area (Å²) >= 11 is 6.18. The van der Waals surface area contributed by atoms with E-state index in [-0.39, 0.29) is 5.91 Å². The van der Waals surface area contributed by atoms with Gasteiger partial charge in [-0.3, -0.25) is 9.48 Å². The van der Waals surface area contributed by atoms with Crippen LogP contribution in [-0.4, -0.2) is 22.2 Å². The van der Waals surface area contributed by atoms with Crippen molar-refractivity contribution < 1.29 is 4.79 Å². The van der Waals surface area contributed by atoms with Crippen molar-refractivity contribution in [3.63, 3.8) is 0 Å². The molecule has 22 heavy (non-hydrogen) atoms. The van der Waals surface area contributed by atoms with Gasteiger partial charge in [0.1, 0.15) is 0 Å². The summed E-state index contributed by atoms with van der Waals surface area (Å²) in [5.41, 5.74) is 3.52. The number of rotatable bonds is 5. The average molecular weight is 318 g/mol. The zero-order chi connectivity index (χ0) is 15.7. The first-order chi connectivity index (χ1) is 10.5. The lowest BCUT2D eigenvalue weighted by Crippen LogP contribution is -2.25. The first-order valence-corrected chi connectivity index (χ1v) is 7.99. The number of nitrogens with zero attached hydrogens (tertiary/aromatic N) is 2. The molecule has 1 aliphatic carbocycles. The summed E-state index contributed by atoms with van der Waals surface area (Å²) < 4.78 is 1.87. The van der Waals surface area contributed by atoms with Gasteiger partial charge in [-0.1, -0.05) is 23.7 Å². The third-order valence-corrected chi connectivity index (χ3v) is 4.61. The van der Waals surface area contributed by atoms with Gasteiger partial charge in [0, 0.05) is 12.1 Å². The van der Waals surface area contributed by atoms with E-state index >= 15 is 0 Å². The van der Waals surface area contributed by atoms with E-state index in [1.165, 1.54) is 12.8 Å². The minimum Gasteiger partial charge on any atom is -0.352 e. The van der Waals surface area contributed by atoms with Crippen molar-refractivity contribution in [1.29, 1.82) is 0 Å². The molecule has 0 aliphatic heterocycles. The third-order valence-electron chi connectivity index (χ3n) is 4.06. The van der Waals surface area contributed by atoms with E-state index in [2.05, 4.69) is 10.4 Å². The van der Waals surface area contributed by atoms with Gasteiger partial charge in [-0.2, -0.15) is 5.10 Å². The number of carbonyl (C=O) groups excluding carboxylic acids is 1. The summed E-state index contributed by atoms with van der Waals surface area (Å²) in [6, 6.07) is 7.68. The monoisotopic (exact) mass is 317 g/mol. The highest BCUT2D eigenvalue weighted by Gasteiger charge is 2.21. The van der Waals surface area contributed by atoms with Gasteiger partial charge >= 0.3 is 0 Å². The molecule has 3 rings (SSSR count). The van der Waals surface area contributed by atoms with E-state index < -0.39 is 0 Å². The predicted octanol–water partition coefficient (Wildman–Crippen LogP) is 3.34. The molecule has 1 aromatic heterocycles. The number of hydrogen-bond acceptors (Lipinski definition) is 2. The molecule has 116 valence electrons. The van der Waals surface area contributed by atoms with Crippen molar-refractivity contribution >= 4 is 17.5 Å². The first kappa shape index (κ1) is 15.1. The van der Waals surface area contributed by atoms with E-state index in [0.717, 1.165) is 23.5 Å². The first-order valence-electron chi connectivity index (χ1n) is 7.61. The van der Waals surface area contributed by atoms with Gasteiger partial charge in [0.2, 0.25) is 0 Å². The van der Waals surface area contributed by atoms with E-state index in [0.29, 0.717) is 23.0 Å². The molecule has 0 spiro atoms. The number of hydrogen-bond donors (Lipinski definition) is 1. The Hall–Kier alpha value is -1.81. The zero-order valence-corrected chi connectivity index (χ0v) is 13.7. The van der Waals surface area contributed by atoms with E-state index in [1.54, 1.807) is 0 Å². The Labute approximate surface area is 135 Å². The van der Waals surface area contributed by atoms with Gasteiger partial charge in [-0.05, 0) is 50.3 Å². The summed E-state index contributed by atoms with van der Waals surface area (Å²) in [6.45, 7) is 5.25. The van der Waals surface area contributed by atoms with Gasteiger partial charge in [0.15, 0.2) is 0 Å². The van der Waals surface area contributed by atoms with Crippen LogP contribution in [0.3, 0.4) is 0 Å². The number of amides is 1. The van der Waals surface area contributed by atoms with Crippen LogP contribution in [0.4, 0.5) is 0 Å². The molecular formula is C17H20ClN3O. The number of nitrogens with one attached hydrogen (secondary N) is 1. The molecule has 0 atom stereocenters. The Morgan fingerprint density at radius 3 is 2.82 bits per heavy atom. The molecule has 0 radical (unpaired) electrons. The number of halogens is 1. The van der Waals surface area contributed by atoms with Crippen LogP contribution in [0.2, 0.25) is 5.02 Å². The van der Waals surface area contributed by atoms with Crippen LogP contribution >= 0.6 is 11.6 Å². The highest BCUT2D eigenvalue weighted by Crippen LogP contribution is 2.27. The smallest absolute Gasteiger partial charge is 0.251 e. The molecule has 1 fully saturated rings. The maximum Gasteiger partial charge on any atom is 0.251 e. The fourth-order valence-corrected chi connectivity index (χ4v) is 2.61. The van der Waals surface area contributed by atoms with Gasteiger partial charge in [0.25, 0.3) is 5.91 Å². The molecule has 5 heteroatoms. The second-order valence-electron chi connectivity index (χ2n) is 6.00. The zero-order valence-electron chi connectivity index (χ0n) is 12.9. The number of benzene rings is 1. The largest absolute Gasteiger partial charge is 0.352 e. The normalized spacial score (nSPS) is 14.1. The average Bonchev–Trinajstić information content (AvgIpc) is 3.31. The molecule has 1 saturated carbocycles. The van der Waals surface area contributed by atoms with Gasteiger partial charge in [-0.15, -0.1) is 0 Å². The highest BCUT2D eigenvalue weighted by atomic mass is 35.5. The summed E-state index contributed by atoms with van der Waals surface area (Å²) in [5.74, 6) is 0.684. The van der Waals surface area contributed by atoms with Crippen molar-refractivity contribution in [2.24, 2.45) is 5.92 Å². The summed E-state index contributed by atoms with van der Waals surface area (Å²) in [4.78, 5) is 12.2. The van der Waals surface area contributed by atoms with Crippen molar-refractivity contribution in [2.75, 3.05) is 6.54 Å². The van der Waals surface area contributed by atoms with E-state index in [1.807, 2.05) is 42.8 Å². The minimum absolute atomic E-state index is 0.000139. The quantitative estimate of drug-likeness (QED) is 0.919. The second-order valence-corrected chi connectivity index (χ2v) is 6.37. The lowest BCUT2D eigenvalue weighted by molar-refractivity contribution is 0.0951. The number of aryl methyl sites for hydroxylation is 1. The van der Waals surface area contributed by atoms with Crippen molar-refractivity contribution in [3.05, 3.63) is 51.8 Å². The molecule has 0 unspecified atom stereocenters. The van der Waals surface area contributed by atoms with Crippen molar-refractivity contribution in [1.82, 2.24) is 15.1 Å². The molecule has 0 saturated heterocycles. The number of aromatic nitrogens is 2. The van der Waals surface area contributed by atoms with Crippen LogP contribution in [0.15, 0.2) is 24.3 Å². The van der Waals surface area contributed by atoms with Crippen LogP contribution in [0.5, 0.6) is 0 Å². The maximum atomic E-state index is 12.2. The molecule has 1 heterocycles. The Morgan fingerprint density at radius 1 is 1.41 bits per heavy atom. The van der Waals surface area contributed by atoms with Crippen LogP contribution in [0.25, 0.3) is 0 Å². The summed E-state index contributed by atoms with van der Waals surface area (Å²) in [5, 5.41) is 8.13. The standard InChI is InChI=1S/C17H20ClN3O/c1-11-16(18)12(2)21(20-11)10-14-4-3-5-15(8-14)17(22)19-9-13-6-7-13/h3-5,8,13H,6-7,9-10H2,1-2H3,(H,19,22). The van der Waals surface area contributed by atoms with Gasteiger partial charge in [0.05, 0.1) is 23.0 Å². The number of carbonyl (C=O) groups is 1. The van der Waals surface area contributed by atoms with Gasteiger partial charge < -0.3 is 5.32 Å².